The first-order valence-electron chi connectivity index (χ1n) is 6.95. The summed E-state index contributed by atoms with van der Waals surface area (Å²) in [5.41, 5.74) is 0.146. The van der Waals surface area contributed by atoms with E-state index in [0.29, 0.717) is 18.4 Å². The molecule has 0 radical (unpaired) electrons. The Kier molecular flexibility index (Phi) is 3.23. The quantitative estimate of drug-likeness (QED) is 0.575. The van der Waals surface area contributed by atoms with Crippen LogP contribution < -0.4 is 5.32 Å². The second-order valence-electron chi connectivity index (χ2n) is 5.64. The van der Waals surface area contributed by atoms with Crippen LogP contribution in [0.25, 0.3) is 0 Å². The molecule has 0 spiro atoms. The summed E-state index contributed by atoms with van der Waals surface area (Å²) >= 11 is 0. The molecule has 1 aliphatic heterocycles. The van der Waals surface area contributed by atoms with Gasteiger partial charge in [0.1, 0.15) is 6.04 Å². The molecular formula is C14H14N2O6. The highest BCUT2D eigenvalue weighted by Crippen LogP contribution is 2.52. The van der Waals surface area contributed by atoms with Crippen LogP contribution in [-0.2, 0) is 4.79 Å². The Morgan fingerprint density at radius 3 is 2.59 bits per heavy atom. The summed E-state index contributed by atoms with van der Waals surface area (Å²) in [5, 5.41) is 32.7. The maximum atomic E-state index is 11.5. The number of rotatable bonds is 3. The number of fused-ring (bicyclic) bond motifs is 3. The van der Waals surface area contributed by atoms with Crippen molar-refractivity contribution in [3.63, 3.8) is 0 Å². The van der Waals surface area contributed by atoms with Crippen LogP contribution in [-0.4, -0.2) is 33.1 Å². The number of carboxylic acids is 2. The van der Waals surface area contributed by atoms with Crippen molar-refractivity contribution >= 4 is 23.3 Å². The fourth-order valence-electron chi connectivity index (χ4n) is 3.73. The largest absolute Gasteiger partial charge is 0.480 e. The van der Waals surface area contributed by atoms with Gasteiger partial charge in [-0.3, -0.25) is 10.1 Å². The summed E-state index contributed by atoms with van der Waals surface area (Å²) in [6, 6.07) is 1.43. The van der Waals surface area contributed by atoms with E-state index in [0.717, 1.165) is 12.5 Å². The van der Waals surface area contributed by atoms with Crippen LogP contribution in [0.1, 0.15) is 41.1 Å². The van der Waals surface area contributed by atoms with Gasteiger partial charge in [0, 0.05) is 6.07 Å². The molecule has 22 heavy (non-hydrogen) atoms. The van der Waals surface area contributed by atoms with E-state index in [9.17, 15) is 29.9 Å². The molecule has 3 atom stereocenters. The number of anilines is 1. The SMILES string of the molecule is O=C(O)c1ccc([N+](=O)[O-])c2c1N[C@@H](C(=O)O)[C@H]1CCC[C@@H]21. The molecule has 8 heteroatoms. The normalized spacial score (nSPS) is 25.7. The van der Waals surface area contributed by atoms with E-state index in [1.807, 2.05) is 0 Å². The van der Waals surface area contributed by atoms with Crippen LogP contribution in [0.2, 0.25) is 0 Å². The summed E-state index contributed by atoms with van der Waals surface area (Å²) in [6.45, 7) is 0. The van der Waals surface area contributed by atoms with Gasteiger partial charge in [-0.15, -0.1) is 0 Å². The van der Waals surface area contributed by atoms with Crippen LogP contribution in [0.4, 0.5) is 11.4 Å². The number of aromatic carboxylic acids is 1. The second kappa shape index (κ2) is 4.97. The third kappa shape index (κ3) is 1.99. The van der Waals surface area contributed by atoms with Crippen molar-refractivity contribution in [3.05, 3.63) is 33.4 Å². The van der Waals surface area contributed by atoms with E-state index in [4.69, 9.17) is 0 Å². The van der Waals surface area contributed by atoms with Gasteiger partial charge in [-0.1, -0.05) is 6.42 Å². The van der Waals surface area contributed by atoms with Crippen LogP contribution in [0.5, 0.6) is 0 Å². The Bertz CT molecular complexity index is 686. The van der Waals surface area contributed by atoms with Crippen molar-refractivity contribution in [1.29, 1.82) is 0 Å². The second-order valence-corrected chi connectivity index (χ2v) is 5.64. The molecule has 8 nitrogen and oxygen atoms in total. The number of nitro groups is 1. The zero-order valence-electron chi connectivity index (χ0n) is 11.5. The number of benzene rings is 1. The van der Waals surface area contributed by atoms with Gasteiger partial charge in [0.2, 0.25) is 0 Å². The molecule has 1 saturated carbocycles. The van der Waals surface area contributed by atoms with Crippen LogP contribution in [0, 0.1) is 16.0 Å². The predicted octanol–water partition coefficient (Wildman–Crippen LogP) is 2.06. The number of carbonyl (C=O) groups is 2. The third-order valence-electron chi connectivity index (χ3n) is 4.58. The van der Waals surface area contributed by atoms with E-state index < -0.39 is 22.9 Å². The average Bonchev–Trinajstić information content (AvgIpc) is 2.93. The number of hydrogen-bond donors (Lipinski definition) is 3. The molecule has 0 saturated heterocycles. The van der Waals surface area contributed by atoms with Gasteiger partial charge in [-0.2, -0.15) is 0 Å². The Morgan fingerprint density at radius 2 is 2.00 bits per heavy atom. The van der Waals surface area contributed by atoms with Gasteiger partial charge < -0.3 is 15.5 Å². The Morgan fingerprint density at radius 1 is 1.27 bits per heavy atom. The number of nitro benzene ring substituents is 1. The van der Waals surface area contributed by atoms with Crippen molar-refractivity contribution in [2.24, 2.45) is 5.92 Å². The number of nitrogens with one attached hydrogen (secondary N) is 1. The van der Waals surface area contributed by atoms with Crippen molar-refractivity contribution in [2.45, 2.75) is 31.2 Å². The van der Waals surface area contributed by atoms with Crippen LogP contribution in [0.15, 0.2) is 12.1 Å². The van der Waals surface area contributed by atoms with E-state index >= 15 is 0 Å². The molecular weight excluding hydrogens is 292 g/mol. The molecule has 3 rings (SSSR count). The lowest BCUT2D eigenvalue weighted by Gasteiger charge is -2.35. The Labute approximate surface area is 124 Å². The summed E-state index contributed by atoms with van der Waals surface area (Å²) in [6.07, 6.45) is 2.06. The van der Waals surface area contributed by atoms with E-state index in [2.05, 4.69) is 5.32 Å². The number of aliphatic carboxylic acids is 1. The first-order chi connectivity index (χ1) is 10.4. The predicted molar refractivity (Wildman–Crippen MR) is 75.2 cm³/mol. The lowest BCUT2D eigenvalue weighted by molar-refractivity contribution is -0.385. The standard InChI is InChI=1S/C14H14N2O6/c17-13(18)8-4-5-9(16(21)22)10-6-2-1-3-7(6)12(14(19)20)15-11(8)10/h4-7,12,15H,1-3H2,(H,17,18)(H,19,20)/t6-,7+,12-/m1/s1. The summed E-state index contributed by atoms with van der Waals surface area (Å²) in [5.74, 6) is -2.85. The summed E-state index contributed by atoms with van der Waals surface area (Å²) in [4.78, 5) is 33.6. The van der Waals surface area contributed by atoms with Crippen molar-refractivity contribution in [2.75, 3.05) is 5.32 Å². The zero-order valence-corrected chi connectivity index (χ0v) is 11.5. The van der Waals surface area contributed by atoms with Crippen molar-refractivity contribution in [3.8, 4) is 0 Å². The van der Waals surface area contributed by atoms with Gasteiger partial charge >= 0.3 is 11.9 Å². The highest BCUT2D eigenvalue weighted by atomic mass is 16.6. The van der Waals surface area contributed by atoms with Crippen LogP contribution >= 0.6 is 0 Å². The van der Waals surface area contributed by atoms with Crippen molar-refractivity contribution in [1.82, 2.24) is 0 Å². The number of carboxylic acid groups (broad SMARTS) is 2. The molecule has 1 aliphatic carbocycles. The van der Waals surface area contributed by atoms with Gasteiger partial charge in [0.15, 0.2) is 0 Å². The fourth-order valence-corrected chi connectivity index (χ4v) is 3.73. The average molecular weight is 306 g/mol. The maximum absolute atomic E-state index is 11.5. The lowest BCUT2D eigenvalue weighted by atomic mass is 9.78. The van der Waals surface area contributed by atoms with E-state index in [-0.39, 0.29) is 28.8 Å². The Balaban J connectivity index is 2.25. The number of hydrogen-bond acceptors (Lipinski definition) is 5. The van der Waals surface area contributed by atoms with Gasteiger partial charge in [0.05, 0.1) is 21.7 Å². The highest BCUT2D eigenvalue weighted by Gasteiger charge is 2.47. The first kappa shape index (κ1) is 14.3. The van der Waals surface area contributed by atoms with Gasteiger partial charge in [-0.05, 0) is 30.7 Å². The molecule has 1 aromatic carbocycles. The third-order valence-corrected chi connectivity index (χ3v) is 4.58. The minimum atomic E-state index is -1.24. The van der Waals surface area contributed by atoms with E-state index in [1.54, 1.807) is 0 Å². The van der Waals surface area contributed by atoms with E-state index in [1.165, 1.54) is 6.07 Å². The number of nitrogens with zero attached hydrogens (tertiary/aromatic N) is 1. The minimum Gasteiger partial charge on any atom is -0.480 e. The molecule has 0 amide bonds. The molecule has 0 bridgehead atoms. The fraction of sp³-hybridized carbons (Fsp3) is 0.429. The van der Waals surface area contributed by atoms with Gasteiger partial charge in [0.25, 0.3) is 5.69 Å². The highest BCUT2D eigenvalue weighted by molar-refractivity contribution is 5.98. The molecule has 1 heterocycles. The molecule has 0 aromatic heterocycles. The summed E-state index contributed by atoms with van der Waals surface area (Å²) < 4.78 is 0. The first-order valence-corrected chi connectivity index (χ1v) is 6.95. The molecule has 2 aliphatic rings. The molecule has 1 fully saturated rings. The minimum absolute atomic E-state index is 0.0808. The summed E-state index contributed by atoms with van der Waals surface area (Å²) in [7, 11) is 0. The molecule has 1 aromatic rings. The Hall–Kier alpha value is -2.64. The van der Waals surface area contributed by atoms with Gasteiger partial charge in [-0.25, -0.2) is 9.59 Å². The molecule has 3 N–H and O–H groups in total. The smallest absolute Gasteiger partial charge is 0.337 e. The van der Waals surface area contributed by atoms with Crippen LogP contribution in [0.3, 0.4) is 0 Å². The lowest BCUT2D eigenvalue weighted by Crippen LogP contribution is -2.42. The molecule has 0 unspecified atom stereocenters. The molecule has 116 valence electrons. The topological polar surface area (TPSA) is 130 Å². The van der Waals surface area contributed by atoms with Crippen molar-refractivity contribution < 1.29 is 24.7 Å². The maximum Gasteiger partial charge on any atom is 0.337 e. The zero-order chi connectivity index (χ0) is 16.0. The monoisotopic (exact) mass is 306 g/mol.